The van der Waals surface area contributed by atoms with Gasteiger partial charge in [-0.3, -0.25) is 0 Å². The molecule has 0 aliphatic rings. The number of methoxy groups -OCH3 is 1. The Balaban J connectivity index is 1.97. The SMILES string of the molecule is CCc1ccc(CCc2cccc(OC)c2)cc1. The van der Waals surface area contributed by atoms with Crippen molar-refractivity contribution in [2.45, 2.75) is 26.2 Å². The molecule has 1 heteroatoms. The van der Waals surface area contributed by atoms with Gasteiger partial charge < -0.3 is 4.74 Å². The molecule has 0 fully saturated rings. The predicted octanol–water partition coefficient (Wildman–Crippen LogP) is 4.04. The van der Waals surface area contributed by atoms with Crippen LogP contribution in [-0.4, -0.2) is 7.11 Å². The van der Waals surface area contributed by atoms with Crippen molar-refractivity contribution in [3.8, 4) is 5.75 Å². The van der Waals surface area contributed by atoms with Crippen LogP contribution in [0.5, 0.6) is 5.75 Å². The van der Waals surface area contributed by atoms with Crippen LogP contribution >= 0.6 is 0 Å². The molecule has 0 aliphatic heterocycles. The summed E-state index contributed by atoms with van der Waals surface area (Å²) < 4.78 is 5.24. The minimum absolute atomic E-state index is 0.939. The molecule has 0 atom stereocenters. The summed E-state index contributed by atoms with van der Waals surface area (Å²) >= 11 is 0. The summed E-state index contributed by atoms with van der Waals surface area (Å²) in [7, 11) is 1.71. The summed E-state index contributed by atoms with van der Waals surface area (Å²) in [5.74, 6) is 0.939. The third-order valence-corrected chi connectivity index (χ3v) is 3.27. The van der Waals surface area contributed by atoms with Gasteiger partial charge in [0.1, 0.15) is 5.75 Å². The van der Waals surface area contributed by atoms with Crippen LogP contribution in [0.2, 0.25) is 0 Å². The second-order valence-electron chi connectivity index (χ2n) is 4.52. The number of rotatable bonds is 5. The van der Waals surface area contributed by atoms with E-state index < -0.39 is 0 Å². The lowest BCUT2D eigenvalue weighted by atomic mass is 10.0. The average Bonchev–Trinajstić information content (AvgIpc) is 2.46. The van der Waals surface area contributed by atoms with Crippen molar-refractivity contribution in [3.63, 3.8) is 0 Å². The fraction of sp³-hybridized carbons (Fsp3) is 0.294. The molecular formula is C17H20O. The maximum atomic E-state index is 5.24. The molecule has 18 heavy (non-hydrogen) atoms. The van der Waals surface area contributed by atoms with Crippen LogP contribution in [0, 0.1) is 0 Å². The fourth-order valence-corrected chi connectivity index (χ4v) is 2.06. The summed E-state index contributed by atoms with van der Waals surface area (Å²) in [5, 5.41) is 0. The van der Waals surface area contributed by atoms with Crippen molar-refractivity contribution in [3.05, 3.63) is 65.2 Å². The van der Waals surface area contributed by atoms with Crippen molar-refractivity contribution in [2.75, 3.05) is 7.11 Å². The first-order valence-corrected chi connectivity index (χ1v) is 6.52. The Bertz CT molecular complexity index is 485. The van der Waals surface area contributed by atoms with Crippen LogP contribution in [0.4, 0.5) is 0 Å². The van der Waals surface area contributed by atoms with E-state index in [9.17, 15) is 0 Å². The van der Waals surface area contributed by atoms with Gasteiger partial charge in [0.05, 0.1) is 7.11 Å². The molecule has 94 valence electrons. The number of hydrogen-bond donors (Lipinski definition) is 0. The maximum Gasteiger partial charge on any atom is 0.119 e. The molecule has 0 spiro atoms. The monoisotopic (exact) mass is 240 g/mol. The quantitative estimate of drug-likeness (QED) is 0.766. The van der Waals surface area contributed by atoms with E-state index >= 15 is 0 Å². The molecule has 1 nitrogen and oxygen atoms in total. The van der Waals surface area contributed by atoms with Crippen LogP contribution in [0.3, 0.4) is 0 Å². The van der Waals surface area contributed by atoms with E-state index in [1.165, 1.54) is 16.7 Å². The molecule has 0 aromatic heterocycles. The Morgan fingerprint density at radius 3 is 2.17 bits per heavy atom. The van der Waals surface area contributed by atoms with Gasteiger partial charge in [-0.1, -0.05) is 43.3 Å². The second-order valence-corrected chi connectivity index (χ2v) is 4.52. The first-order valence-electron chi connectivity index (χ1n) is 6.52. The molecule has 0 heterocycles. The topological polar surface area (TPSA) is 9.23 Å². The zero-order chi connectivity index (χ0) is 12.8. The molecule has 0 bridgehead atoms. The Hall–Kier alpha value is -1.76. The van der Waals surface area contributed by atoms with Gasteiger partial charge in [0.15, 0.2) is 0 Å². The lowest BCUT2D eigenvalue weighted by Gasteiger charge is -2.05. The summed E-state index contributed by atoms with van der Waals surface area (Å²) in [6.45, 7) is 2.19. The van der Waals surface area contributed by atoms with Crippen molar-refractivity contribution in [2.24, 2.45) is 0 Å². The molecule has 0 radical (unpaired) electrons. The van der Waals surface area contributed by atoms with Crippen molar-refractivity contribution < 1.29 is 4.74 Å². The summed E-state index contributed by atoms with van der Waals surface area (Å²) in [6, 6.07) is 17.2. The summed E-state index contributed by atoms with van der Waals surface area (Å²) in [4.78, 5) is 0. The van der Waals surface area contributed by atoms with E-state index in [4.69, 9.17) is 4.74 Å². The van der Waals surface area contributed by atoms with Crippen LogP contribution < -0.4 is 4.74 Å². The predicted molar refractivity (Wildman–Crippen MR) is 76.2 cm³/mol. The van der Waals surface area contributed by atoms with E-state index in [0.29, 0.717) is 0 Å². The first kappa shape index (κ1) is 12.7. The van der Waals surface area contributed by atoms with Crippen LogP contribution in [0.15, 0.2) is 48.5 Å². The molecule has 2 rings (SSSR count). The molecule has 0 amide bonds. The third kappa shape index (κ3) is 3.36. The molecule has 2 aromatic carbocycles. The van der Waals surface area contributed by atoms with Crippen LogP contribution in [0.25, 0.3) is 0 Å². The van der Waals surface area contributed by atoms with Crippen LogP contribution in [-0.2, 0) is 19.3 Å². The smallest absolute Gasteiger partial charge is 0.119 e. The molecular weight excluding hydrogens is 220 g/mol. The maximum absolute atomic E-state index is 5.24. The molecule has 0 saturated carbocycles. The van der Waals surface area contributed by atoms with E-state index in [-0.39, 0.29) is 0 Å². The van der Waals surface area contributed by atoms with Gasteiger partial charge in [-0.2, -0.15) is 0 Å². The average molecular weight is 240 g/mol. The lowest BCUT2D eigenvalue weighted by molar-refractivity contribution is 0.414. The molecule has 0 saturated heterocycles. The van der Waals surface area contributed by atoms with Gasteiger partial charge in [0.25, 0.3) is 0 Å². The molecule has 2 aromatic rings. The molecule has 0 unspecified atom stereocenters. The summed E-state index contributed by atoms with van der Waals surface area (Å²) in [6.07, 6.45) is 3.25. The number of ether oxygens (including phenoxy) is 1. The highest BCUT2D eigenvalue weighted by Crippen LogP contribution is 2.15. The van der Waals surface area contributed by atoms with Gasteiger partial charge >= 0.3 is 0 Å². The number of aryl methyl sites for hydroxylation is 3. The minimum Gasteiger partial charge on any atom is -0.497 e. The van der Waals surface area contributed by atoms with Gasteiger partial charge in [-0.15, -0.1) is 0 Å². The Kier molecular flexibility index (Phi) is 4.40. The fourth-order valence-electron chi connectivity index (χ4n) is 2.06. The van der Waals surface area contributed by atoms with E-state index in [2.05, 4.69) is 43.3 Å². The Morgan fingerprint density at radius 2 is 1.50 bits per heavy atom. The second kappa shape index (κ2) is 6.25. The first-order chi connectivity index (χ1) is 8.81. The van der Waals surface area contributed by atoms with E-state index in [1.807, 2.05) is 12.1 Å². The minimum atomic E-state index is 0.939. The van der Waals surface area contributed by atoms with Gasteiger partial charge in [0.2, 0.25) is 0 Å². The van der Waals surface area contributed by atoms with Gasteiger partial charge in [-0.25, -0.2) is 0 Å². The lowest BCUT2D eigenvalue weighted by Crippen LogP contribution is -1.93. The number of hydrogen-bond acceptors (Lipinski definition) is 1. The highest BCUT2D eigenvalue weighted by molar-refractivity contribution is 5.30. The van der Waals surface area contributed by atoms with Gasteiger partial charge in [0, 0.05) is 0 Å². The van der Waals surface area contributed by atoms with Gasteiger partial charge in [-0.05, 0) is 48.1 Å². The normalized spacial score (nSPS) is 10.3. The zero-order valence-corrected chi connectivity index (χ0v) is 11.1. The molecule has 0 N–H and O–H groups in total. The Labute approximate surface area is 109 Å². The zero-order valence-electron chi connectivity index (χ0n) is 11.1. The van der Waals surface area contributed by atoms with Crippen molar-refractivity contribution >= 4 is 0 Å². The summed E-state index contributed by atoms with van der Waals surface area (Å²) in [5.41, 5.74) is 4.13. The standard InChI is InChI=1S/C17H20O/c1-3-14-7-9-15(10-8-14)11-12-16-5-4-6-17(13-16)18-2/h4-10,13H,3,11-12H2,1-2H3. The van der Waals surface area contributed by atoms with Crippen molar-refractivity contribution in [1.29, 1.82) is 0 Å². The van der Waals surface area contributed by atoms with E-state index in [1.54, 1.807) is 7.11 Å². The molecule has 0 aliphatic carbocycles. The largest absolute Gasteiger partial charge is 0.497 e. The van der Waals surface area contributed by atoms with E-state index in [0.717, 1.165) is 25.0 Å². The highest BCUT2D eigenvalue weighted by atomic mass is 16.5. The highest BCUT2D eigenvalue weighted by Gasteiger charge is 1.98. The Morgan fingerprint density at radius 1 is 0.833 bits per heavy atom. The third-order valence-electron chi connectivity index (χ3n) is 3.27. The van der Waals surface area contributed by atoms with Crippen LogP contribution in [0.1, 0.15) is 23.6 Å². The number of benzene rings is 2. The van der Waals surface area contributed by atoms with Crippen molar-refractivity contribution in [1.82, 2.24) is 0 Å².